The van der Waals surface area contributed by atoms with Crippen molar-refractivity contribution in [2.24, 2.45) is 5.73 Å². The maximum absolute atomic E-state index is 11.5. The molecule has 0 aliphatic rings. The van der Waals surface area contributed by atoms with Gasteiger partial charge >= 0.3 is 0 Å². The monoisotopic (exact) mass is 252 g/mol. The van der Waals surface area contributed by atoms with Crippen molar-refractivity contribution in [3.63, 3.8) is 0 Å². The lowest BCUT2D eigenvalue weighted by atomic mass is 10.1. The summed E-state index contributed by atoms with van der Waals surface area (Å²) in [5.74, 6) is 0.608. The lowest BCUT2D eigenvalue weighted by Crippen LogP contribution is -2.27. The number of carbonyl (C=O) groups excluding carboxylic acids is 1. The fourth-order valence-electron chi connectivity index (χ4n) is 1.38. The van der Waals surface area contributed by atoms with Crippen molar-refractivity contribution in [3.8, 4) is 0 Å². The third-order valence-electron chi connectivity index (χ3n) is 2.66. The molecule has 0 saturated carbocycles. The summed E-state index contributed by atoms with van der Waals surface area (Å²) in [6.07, 6.45) is 0. The Labute approximate surface area is 107 Å². The van der Waals surface area contributed by atoms with Gasteiger partial charge in [-0.1, -0.05) is 37.3 Å². The summed E-state index contributed by atoms with van der Waals surface area (Å²) in [6.45, 7) is 2.06. The summed E-state index contributed by atoms with van der Waals surface area (Å²) < 4.78 is 0. The van der Waals surface area contributed by atoms with Crippen LogP contribution in [-0.4, -0.2) is 35.9 Å². The first kappa shape index (κ1) is 14.1. The topological polar surface area (TPSA) is 46.3 Å². The molecule has 0 bridgehead atoms. The molecule has 17 heavy (non-hydrogen) atoms. The van der Waals surface area contributed by atoms with Crippen molar-refractivity contribution in [2.75, 3.05) is 19.8 Å². The van der Waals surface area contributed by atoms with Crippen LogP contribution in [0.25, 0.3) is 0 Å². The fraction of sp³-hybridized carbons (Fsp3) is 0.462. The smallest absolute Gasteiger partial charge is 0.232 e. The molecule has 0 heterocycles. The first-order valence-electron chi connectivity index (χ1n) is 5.64. The highest BCUT2D eigenvalue weighted by molar-refractivity contribution is 8.00. The molecule has 3 nitrogen and oxygen atoms in total. The SMILES string of the molecule is CC(SCC(=O)N(C)C)C(N)c1ccccc1. The molecule has 2 N–H and O–H groups in total. The van der Waals surface area contributed by atoms with Crippen molar-refractivity contribution >= 4 is 17.7 Å². The minimum Gasteiger partial charge on any atom is -0.348 e. The number of nitrogens with two attached hydrogens (primary N) is 1. The van der Waals surface area contributed by atoms with Crippen molar-refractivity contribution < 1.29 is 4.79 Å². The van der Waals surface area contributed by atoms with Crippen LogP contribution in [0, 0.1) is 0 Å². The third-order valence-corrected chi connectivity index (χ3v) is 3.89. The van der Waals surface area contributed by atoms with Crippen molar-refractivity contribution in [1.82, 2.24) is 4.90 Å². The van der Waals surface area contributed by atoms with Crippen LogP contribution in [0.2, 0.25) is 0 Å². The summed E-state index contributed by atoms with van der Waals surface area (Å²) in [5.41, 5.74) is 7.27. The van der Waals surface area contributed by atoms with Crippen LogP contribution in [0.1, 0.15) is 18.5 Å². The molecule has 0 aliphatic carbocycles. The molecule has 4 heteroatoms. The maximum atomic E-state index is 11.5. The lowest BCUT2D eigenvalue weighted by molar-refractivity contribution is -0.125. The van der Waals surface area contributed by atoms with Gasteiger partial charge in [-0.25, -0.2) is 0 Å². The van der Waals surface area contributed by atoms with Gasteiger partial charge in [0.1, 0.15) is 0 Å². The molecular formula is C13H20N2OS. The van der Waals surface area contributed by atoms with E-state index < -0.39 is 0 Å². The van der Waals surface area contributed by atoms with Gasteiger partial charge in [0.2, 0.25) is 5.91 Å². The van der Waals surface area contributed by atoms with Crippen LogP contribution in [0.15, 0.2) is 30.3 Å². The van der Waals surface area contributed by atoms with Gasteiger partial charge in [0, 0.05) is 25.4 Å². The number of thioether (sulfide) groups is 1. The Balaban J connectivity index is 2.48. The van der Waals surface area contributed by atoms with E-state index >= 15 is 0 Å². The van der Waals surface area contributed by atoms with E-state index in [9.17, 15) is 4.79 Å². The van der Waals surface area contributed by atoms with Gasteiger partial charge in [0.15, 0.2) is 0 Å². The van der Waals surface area contributed by atoms with Gasteiger partial charge in [-0.2, -0.15) is 0 Å². The molecular weight excluding hydrogens is 232 g/mol. The van der Waals surface area contributed by atoms with Gasteiger partial charge in [-0.3, -0.25) is 4.79 Å². The number of benzene rings is 1. The van der Waals surface area contributed by atoms with Gasteiger partial charge in [-0.15, -0.1) is 11.8 Å². The molecule has 0 aliphatic heterocycles. The second-order valence-corrected chi connectivity index (χ2v) is 5.61. The Morgan fingerprint density at radius 1 is 1.35 bits per heavy atom. The number of hydrogen-bond donors (Lipinski definition) is 1. The molecule has 0 spiro atoms. The highest BCUT2D eigenvalue weighted by Crippen LogP contribution is 2.24. The van der Waals surface area contributed by atoms with Crippen molar-refractivity contribution in [3.05, 3.63) is 35.9 Å². The zero-order chi connectivity index (χ0) is 12.8. The molecule has 0 aromatic heterocycles. The minimum atomic E-state index is -0.0313. The Bertz CT molecular complexity index is 354. The Morgan fingerprint density at radius 3 is 2.47 bits per heavy atom. The maximum Gasteiger partial charge on any atom is 0.232 e. The summed E-state index contributed by atoms with van der Waals surface area (Å²) in [5, 5.41) is 0.223. The minimum absolute atomic E-state index is 0.0313. The summed E-state index contributed by atoms with van der Waals surface area (Å²) in [6, 6.07) is 9.96. The standard InChI is InChI=1S/C13H20N2OS/c1-10(17-9-12(16)15(2)3)13(14)11-7-5-4-6-8-11/h4-8,10,13H,9,14H2,1-3H3. The van der Waals surface area contributed by atoms with Gasteiger partial charge in [0.05, 0.1) is 5.75 Å². The highest BCUT2D eigenvalue weighted by Gasteiger charge is 2.16. The molecule has 0 fully saturated rings. The quantitative estimate of drug-likeness (QED) is 0.870. The molecule has 1 aromatic carbocycles. The summed E-state index contributed by atoms with van der Waals surface area (Å²) in [4.78, 5) is 13.1. The van der Waals surface area contributed by atoms with E-state index in [1.807, 2.05) is 30.3 Å². The molecule has 0 radical (unpaired) electrons. The van der Waals surface area contributed by atoms with E-state index in [4.69, 9.17) is 5.73 Å². The van der Waals surface area contributed by atoms with Crippen molar-refractivity contribution in [2.45, 2.75) is 18.2 Å². The number of hydrogen-bond acceptors (Lipinski definition) is 3. The van der Waals surface area contributed by atoms with Gasteiger partial charge in [0.25, 0.3) is 0 Å². The average Bonchev–Trinajstić information content (AvgIpc) is 2.35. The fourth-order valence-corrected chi connectivity index (χ4v) is 2.41. The van der Waals surface area contributed by atoms with Gasteiger partial charge in [-0.05, 0) is 5.56 Å². The van der Waals surface area contributed by atoms with Crippen LogP contribution in [0.4, 0.5) is 0 Å². The first-order chi connectivity index (χ1) is 8.02. The Kier molecular flexibility index (Phi) is 5.51. The molecule has 2 unspecified atom stereocenters. The number of rotatable bonds is 5. The average molecular weight is 252 g/mol. The second kappa shape index (κ2) is 6.67. The van der Waals surface area contributed by atoms with Crippen LogP contribution in [-0.2, 0) is 4.79 Å². The van der Waals surface area contributed by atoms with E-state index in [2.05, 4.69) is 6.92 Å². The predicted octanol–water partition coefficient (Wildman–Crippen LogP) is 1.90. The van der Waals surface area contributed by atoms with Crippen LogP contribution < -0.4 is 5.73 Å². The van der Waals surface area contributed by atoms with E-state index in [1.165, 1.54) is 0 Å². The predicted molar refractivity (Wildman–Crippen MR) is 74.0 cm³/mol. The Hall–Kier alpha value is -1.00. The molecule has 94 valence electrons. The van der Waals surface area contributed by atoms with Crippen LogP contribution >= 0.6 is 11.8 Å². The van der Waals surface area contributed by atoms with E-state index in [1.54, 1.807) is 30.8 Å². The Morgan fingerprint density at radius 2 is 1.94 bits per heavy atom. The normalized spacial score (nSPS) is 14.1. The largest absolute Gasteiger partial charge is 0.348 e. The molecule has 1 amide bonds. The van der Waals surface area contributed by atoms with E-state index in [-0.39, 0.29) is 17.2 Å². The van der Waals surface area contributed by atoms with Crippen molar-refractivity contribution in [1.29, 1.82) is 0 Å². The summed E-state index contributed by atoms with van der Waals surface area (Å²) >= 11 is 1.60. The number of amides is 1. The van der Waals surface area contributed by atoms with E-state index in [0.717, 1.165) is 5.56 Å². The molecule has 1 aromatic rings. The number of carbonyl (C=O) groups is 1. The molecule has 0 saturated heterocycles. The van der Waals surface area contributed by atoms with Crippen LogP contribution in [0.3, 0.4) is 0 Å². The van der Waals surface area contributed by atoms with Gasteiger partial charge < -0.3 is 10.6 Å². The zero-order valence-corrected chi connectivity index (χ0v) is 11.4. The molecule has 2 atom stereocenters. The lowest BCUT2D eigenvalue weighted by Gasteiger charge is -2.20. The highest BCUT2D eigenvalue weighted by atomic mass is 32.2. The number of nitrogens with zero attached hydrogens (tertiary/aromatic N) is 1. The zero-order valence-electron chi connectivity index (χ0n) is 10.6. The first-order valence-corrected chi connectivity index (χ1v) is 6.69. The van der Waals surface area contributed by atoms with Crippen LogP contribution in [0.5, 0.6) is 0 Å². The summed E-state index contributed by atoms with van der Waals surface area (Å²) in [7, 11) is 3.54. The second-order valence-electron chi connectivity index (χ2n) is 4.24. The molecule has 1 rings (SSSR count). The van der Waals surface area contributed by atoms with E-state index in [0.29, 0.717) is 5.75 Å². The third kappa shape index (κ3) is 4.40.